The molecule has 28 heavy (non-hydrogen) atoms. The number of fused-ring (bicyclic) bond motifs is 1. The zero-order valence-corrected chi connectivity index (χ0v) is 15.8. The Morgan fingerprint density at radius 3 is 2.71 bits per heavy atom. The Morgan fingerprint density at radius 2 is 2.00 bits per heavy atom. The molecule has 3 aromatic rings. The fourth-order valence-corrected chi connectivity index (χ4v) is 3.21. The molecular weight excluding hydrogens is 366 g/mol. The van der Waals surface area contributed by atoms with E-state index in [4.69, 9.17) is 9.84 Å². The Morgan fingerprint density at radius 1 is 1.21 bits per heavy atom. The zero-order chi connectivity index (χ0) is 20.3. The van der Waals surface area contributed by atoms with Gasteiger partial charge in [-0.1, -0.05) is 6.07 Å². The van der Waals surface area contributed by atoms with E-state index in [0.29, 0.717) is 37.3 Å². The van der Waals surface area contributed by atoms with E-state index in [1.54, 1.807) is 0 Å². The van der Waals surface area contributed by atoms with Crippen molar-refractivity contribution in [3.63, 3.8) is 0 Å². The number of imidazole rings is 1. The van der Waals surface area contributed by atoms with Crippen molar-refractivity contribution in [3.05, 3.63) is 58.9 Å². The van der Waals surface area contributed by atoms with Crippen LogP contribution in [0.2, 0.25) is 0 Å². The van der Waals surface area contributed by atoms with Crippen LogP contribution in [0.15, 0.2) is 30.3 Å². The van der Waals surface area contributed by atoms with Gasteiger partial charge in [0.15, 0.2) is 0 Å². The quantitative estimate of drug-likeness (QED) is 0.580. The van der Waals surface area contributed by atoms with E-state index in [2.05, 4.69) is 4.98 Å². The third-order valence-corrected chi connectivity index (χ3v) is 4.63. The first-order valence-electron chi connectivity index (χ1n) is 9.11. The molecular formula is C21H22F2N2O3. The number of hydrogen-bond acceptors (Lipinski definition) is 3. The summed E-state index contributed by atoms with van der Waals surface area (Å²) in [5.74, 6) is -0.559. The SMILES string of the molecule is Cc1cc(OCCCC(=O)O)cc2c1nc(C)n2CCc1ccc(F)cc1F. The lowest BCUT2D eigenvalue weighted by molar-refractivity contribution is -0.137. The lowest BCUT2D eigenvalue weighted by atomic mass is 10.1. The molecule has 0 spiro atoms. The summed E-state index contributed by atoms with van der Waals surface area (Å²) in [5.41, 5.74) is 3.10. The zero-order valence-electron chi connectivity index (χ0n) is 15.8. The number of nitrogens with zero attached hydrogens (tertiary/aromatic N) is 2. The summed E-state index contributed by atoms with van der Waals surface area (Å²) in [6.45, 7) is 4.62. The van der Waals surface area contributed by atoms with Gasteiger partial charge in [0, 0.05) is 25.1 Å². The molecule has 2 aromatic carbocycles. The number of carboxylic acid groups (broad SMARTS) is 1. The number of carboxylic acids is 1. The Hall–Kier alpha value is -2.96. The highest BCUT2D eigenvalue weighted by atomic mass is 19.1. The monoisotopic (exact) mass is 388 g/mol. The van der Waals surface area contributed by atoms with Crippen LogP contribution < -0.4 is 4.74 Å². The second-order valence-electron chi connectivity index (χ2n) is 6.75. The maximum atomic E-state index is 13.9. The Bertz CT molecular complexity index is 1010. The lowest BCUT2D eigenvalue weighted by Crippen LogP contribution is -2.05. The summed E-state index contributed by atoms with van der Waals surface area (Å²) in [4.78, 5) is 15.2. The molecule has 0 unspecified atom stereocenters. The molecule has 0 fully saturated rings. The van der Waals surface area contributed by atoms with Crippen molar-refractivity contribution in [1.29, 1.82) is 0 Å². The van der Waals surface area contributed by atoms with Gasteiger partial charge in [-0.15, -0.1) is 0 Å². The van der Waals surface area contributed by atoms with Gasteiger partial charge < -0.3 is 14.4 Å². The highest BCUT2D eigenvalue weighted by Crippen LogP contribution is 2.26. The molecule has 0 aliphatic heterocycles. The molecule has 5 nitrogen and oxygen atoms in total. The Kier molecular flexibility index (Phi) is 5.92. The van der Waals surface area contributed by atoms with Gasteiger partial charge in [0.25, 0.3) is 0 Å². The minimum absolute atomic E-state index is 0.0570. The molecule has 0 aliphatic carbocycles. The van der Waals surface area contributed by atoms with Crippen molar-refractivity contribution in [2.75, 3.05) is 6.61 Å². The maximum Gasteiger partial charge on any atom is 0.303 e. The molecule has 3 rings (SSSR count). The molecule has 7 heteroatoms. The largest absolute Gasteiger partial charge is 0.493 e. The van der Waals surface area contributed by atoms with Crippen molar-refractivity contribution < 1.29 is 23.4 Å². The van der Waals surface area contributed by atoms with Crippen molar-refractivity contribution >= 4 is 17.0 Å². The molecule has 1 aromatic heterocycles. The normalized spacial score (nSPS) is 11.1. The first kappa shape index (κ1) is 19.8. The van der Waals surface area contributed by atoms with E-state index >= 15 is 0 Å². The van der Waals surface area contributed by atoms with Gasteiger partial charge in [-0.25, -0.2) is 13.8 Å². The van der Waals surface area contributed by atoms with Crippen LogP contribution in [0.5, 0.6) is 5.75 Å². The second-order valence-corrected chi connectivity index (χ2v) is 6.75. The third kappa shape index (κ3) is 4.47. The minimum Gasteiger partial charge on any atom is -0.493 e. The molecule has 148 valence electrons. The minimum atomic E-state index is -0.850. The number of aliphatic carboxylic acids is 1. The van der Waals surface area contributed by atoms with E-state index in [1.807, 2.05) is 30.5 Å². The van der Waals surface area contributed by atoms with Gasteiger partial charge in [0.05, 0.1) is 17.6 Å². The molecule has 1 N–H and O–H groups in total. The second kappa shape index (κ2) is 8.37. The molecule has 1 heterocycles. The van der Waals surface area contributed by atoms with E-state index in [-0.39, 0.29) is 6.42 Å². The molecule has 0 bridgehead atoms. The van der Waals surface area contributed by atoms with Crippen LogP contribution in [-0.4, -0.2) is 27.2 Å². The molecule has 0 saturated heterocycles. The van der Waals surface area contributed by atoms with Crippen LogP contribution in [0, 0.1) is 25.5 Å². The number of halogens is 2. The number of hydrogen-bond donors (Lipinski definition) is 1. The highest BCUT2D eigenvalue weighted by molar-refractivity contribution is 5.81. The van der Waals surface area contributed by atoms with Crippen molar-refractivity contribution in [2.24, 2.45) is 0 Å². The predicted octanol–water partition coefficient (Wildman–Crippen LogP) is 4.42. The summed E-state index contributed by atoms with van der Waals surface area (Å²) in [5, 5.41) is 8.71. The van der Waals surface area contributed by atoms with Crippen LogP contribution in [0.3, 0.4) is 0 Å². The standard InChI is InChI=1S/C21H22F2N2O3/c1-13-10-17(28-9-3-4-20(26)27)12-19-21(13)24-14(2)25(19)8-7-15-5-6-16(22)11-18(15)23/h5-6,10-12H,3-4,7-9H2,1-2H3,(H,26,27). The average Bonchev–Trinajstić information content (AvgIpc) is 2.94. The molecule has 0 amide bonds. The fourth-order valence-electron chi connectivity index (χ4n) is 3.21. The van der Waals surface area contributed by atoms with Crippen LogP contribution in [0.25, 0.3) is 11.0 Å². The van der Waals surface area contributed by atoms with Gasteiger partial charge in [0.2, 0.25) is 0 Å². The molecule has 0 saturated carbocycles. The van der Waals surface area contributed by atoms with Crippen LogP contribution in [-0.2, 0) is 17.8 Å². The third-order valence-electron chi connectivity index (χ3n) is 4.63. The van der Waals surface area contributed by atoms with Gasteiger partial charge in [0.1, 0.15) is 23.2 Å². The smallest absolute Gasteiger partial charge is 0.303 e. The summed E-state index contributed by atoms with van der Waals surface area (Å²) >= 11 is 0. The topological polar surface area (TPSA) is 64.3 Å². The van der Waals surface area contributed by atoms with Crippen LogP contribution in [0.4, 0.5) is 8.78 Å². The fraction of sp³-hybridized carbons (Fsp3) is 0.333. The molecule has 0 aliphatic rings. The van der Waals surface area contributed by atoms with Crippen molar-refractivity contribution in [1.82, 2.24) is 9.55 Å². The van der Waals surface area contributed by atoms with Crippen LogP contribution in [0.1, 0.15) is 29.8 Å². The van der Waals surface area contributed by atoms with Gasteiger partial charge in [-0.3, -0.25) is 4.79 Å². The lowest BCUT2D eigenvalue weighted by Gasteiger charge is -2.10. The number of ether oxygens (including phenoxy) is 1. The number of carbonyl (C=O) groups is 1. The van der Waals surface area contributed by atoms with E-state index in [9.17, 15) is 13.6 Å². The highest BCUT2D eigenvalue weighted by Gasteiger charge is 2.13. The number of benzene rings is 2. The summed E-state index contributed by atoms with van der Waals surface area (Å²) < 4.78 is 34.7. The first-order chi connectivity index (χ1) is 13.3. The van der Waals surface area contributed by atoms with E-state index in [1.165, 1.54) is 12.1 Å². The van der Waals surface area contributed by atoms with Crippen molar-refractivity contribution in [3.8, 4) is 5.75 Å². The average molecular weight is 388 g/mol. The van der Waals surface area contributed by atoms with Crippen molar-refractivity contribution in [2.45, 2.75) is 39.7 Å². The number of aryl methyl sites for hydroxylation is 4. The van der Waals surface area contributed by atoms with E-state index < -0.39 is 17.6 Å². The van der Waals surface area contributed by atoms with Gasteiger partial charge in [-0.2, -0.15) is 0 Å². The van der Waals surface area contributed by atoms with Gasteiger partial charge in [-0.05, 0) is 49.9 Å². The first-order valence-corrected chi connectivity index (χ1v) is 9.11. The Balaban J connectivity index is 1.81. The maximum absolute atomic E-state index is 13.9. The molecule has 0 radical (unpaired) electrons. The Labute approximate surface area is 161 Å². The number of aromatic nitrogens is 2. The summed E-state index contributed by atoms with van der Waals surface area (Å²) in [7, 11) is 0. The summed E-state index contributed by atoms with van der Waals surface area (Å²) in [6.07, 6.45) is 0.886. The van der Waals surface area contributed by atoms with Gasteiger partial charge >= 0.3 is 5.97 Å². The summed E-state index contributed by atoms with van der Waals surface area (Å²) in [6, 6.07) is 7.34. The predicted molar refractivity (Wildman–Crippen MR) is 102 cm³/mol. The molecule has 0 atom stereocenters. The van der Waals surface area contributed by atoms with E-state index in [0.717, 1.165) is 28.5 Å². The van der Waals surface area contributed by atoms with Crippen LogP contribution >= 0.6 is 0 Å². The number of rotatable bonds is 8.